The lowest BCUT2D eigenvalue weighted by atomic mass is 9.96. The summed E-state index contributed by atoms with van der Waals surface area (Å²) in [5, 5.41) is 8.01. The number of nitrogens with one attached hydrogen (secondary N) is 1. The number of amides is 3. The van der Waals surface area contributed by atoms with Crippen molar-refractivity contribution in [1.29, 1.82) is 0 Å². The first-order valence-electron chi connectivity index (χ1n) is 12.6. The molecule has 35 heavy (non-hydrogen) atoms. The number of carbonyl (C=O) groups is 2. The van der Waals surface area contributed by atoms with Gasteiger partial charge in [0, 0.05) is 43.7 Å². The van der Waals surface area contributed by atoms with Crippen molar-refractivity contribution in [2.45, 2.75) is 39.2 Å². The van der Waals surface area contributed by atoms with E-state index < -0.39 is 0 Å². The van der Waals surface area contributed by atoms with Crippen molar-refractivity contribution >= 4 is 17.8 Å². The number of rotatable bonds is 5. The van der Waals surface area contributed by atoms with Gasteiger partial charge in [0.05, 0.1) is 12.2 Å². The highest BCUT2D eigenvalue weighted by Crippen LogP contribution is 2.27. The Balaban J connectivity index is 1.30. The van der Waals surface area contributed by atoms with Crippen molar-refractivity contribution in [3.8, 4) is 11.3 Å². The smallest absolute Gasteiger partial charge is 0.319 e. The van der Waals surface area contributed by atoms with Gasteiger partial charge >= 0.3 is 6.03 Å². The Labute approximate surface area is 206 Å². The van der Waals surface area contributed by atoms with Gasteiger partial charge in [-0.25, -0.2) is 9.48 Å². The fourth-order valence-corrected chi connectivity index (χ4v) is 5.06. The molecule has 3 heterocycles. The largest absolute Gasteiger partial charge is 0.325 e. The zero-order valence-electron chi connectivity index (χ0n) is 20.3. The van der Waals surface area contributed by atoms with Gasteiger partial charge in [0.2, 0.25) is 5.91 Å². The van der Waals surface area contributed by atoms with Gasteiger partial charge in [-0.2, -0.15) is 5.10 Å². The van der Waals surface area contributed by atoms with E-state index in [1.807, 2.05) is 50.9 Å². The van der Waals surface area contributed by atoms with Crippen LogP contribution in [0, 0.1) is 12.8 Å². The van der Waals surface area contributed by atoms with E-state index in [9.17, 15) is 9.59 Å². The molecular weight excluding hydrogens is 438 g/mol. The number of hydrogen-bond acceptors (Lipinski definition) is 3. The summed E-state index contributed by atoms with van der Waals surface area (Å²) < 4.78 is 1.88. The van der Waals surface area contributed by atoms with Crippen LogP contribution < -0.4 is 5.32 Å². The molecule has 7 nitrogen and oxygen atoms in total. The van der Waals surface area contributed by atoms with E-state index in [-0.39, 0.29) is 17.9 Å². The van der Waals surface area contributed by atoms with Gasteiger partial charge in [0.1, 0.15) is 5.82 Å². The van der Waals surface area contributed by atoms with E-state index in [2.05, 4.69) is 36.5 Å². The molecule has 3 amide bonds. The number of aryl methyl sites for hydroxylation is 1. The molecule has 0 unspecified atom stereocenters. The molecule has 2 aromatic carbocycles. The first-order chi connectivity index (χ1) is 17.1. The van der Waals surface area contributed by atoms with E-state index in [0.717, 1.165) is 48.3 Å². The number of anilines is 1. The second-order valence-corrected chi connectivity index (χ2v) is 9.60. The molecule has 3 aromatic rings. The molecular formula is C28H33N5O2. The number of likely N-dealkylation sites (tertiary alicyclic amines) is 2. The van der Waals surface area contributed by atoms with Crippen LogP contribution in [0.1, 0.15) is 36.8 Å². The normalized spacial score (nSPS) is 16.5. The van der Waals surface area contributed by atoms with Crippen molar-refractivity contribution in [3.63, 3.8) is 0 Å². The minimum atomic E-state index is -0.111. The Morgan fingerprint density at radius 3 is 2.29 bits per heavy atom. The average Bonchev–Trinajstić information content (AvgIpc) is 3.55. The van der Waals surface area contributed by atoms with E-state index in [4.69, 9.17) is 5.10 Å². The molecule has 2 saturated heterocycles. The zero-order valence-corrected chi connectivity index (χ0v) is 20.3. The van der Waals surface area contributed by atoms with Gasteiger partial charge in [-0.3, -0.25) is 4.79 Å². The van der Waals surface area contributed by atoms with Crippen molar-refractivity contribution in [2.24, 2.45) is 5.92 Å². The molecule has 2 aliphatic heterocycles. The topological polar surface area (TPSA) is 70.5 Å². The van der Waals surface area contributed by atoms with Crippen LogP contribution in [0.2, 0.25) is 0 Å². The van der Waals surface area contributed by atoms with E-state index in [0.29, 0.717) is 38.3 Å². The minimum Gasteiger partial charge on any atom is -0.325 e. The number of carbonyl (C=O) groups excluding carboxylic acids is 2. The van der Waals surface area contributed by atoms with E-state index >= 15 is 0 Å². The summed E-state index contributed by atoms with van der Waals surface area (Å²) in [5.74, 6) is 0.594. The average molecular weight is 472 g/mol. The first kappa shape index (κ1) is 23.1. The second-order valence-electron chi connectivity index (χ2n) is 9.60. The molecule has 1 aromatic heterocycles. The summed E-state index contributed by atoms with van der Waals surface area (Å²) in [6.45, 7) is 5.62. The van der Waals surface area contributed by atoms with E-state index in [1.54, 1.807) is 0 Å². The number of nitrogens with zero attached hydrogens (tertiary/aromatic N) is 4. The summed E-state index contributed by atoms with van der Waals surface area (Å²) in [6, 6.07) is 20.4. The molecule has 0 aliphatic carbocycles. The molecule has 5 rings (SSSR count). The summed E-state index contributed by atoms with van der Waals surface area (Å²) in [7, 11) is 0. The Hall–Kier alpha value is -3.61. The summed E-state index contributed by atoms with van der Waals surface area (Å²) >= 11 is 0. The van der Waals surface area contributed by atoms with Crippen molar-refractivity contribution in [2.75, 3.05) is 31.5 Å². The number of benzene rings is 2. The first-order valence-corrected chi connectivity index (χ1v) is 12.6. The summed E-state index contributed by atoms with van der Waals surface area (Å²) in [5.41, 5.74) is 4.17. The maximum Gasteiger partial charge on any atom is 0.319 e. The Bertz CT molecular complexity index is 1180. The molecule has 182 valence electrons. The molecule has 0 saturated carbocycles. The van der Waals surface area contributed by atoms with Crippen LogP contribution in [-0.4, -0.2) is 57.7 Å². The van der Waals surface area contributed by atoms with Crippen LogP contribution in [0.3, 0.4) is 0 Å². The third-order valence-electron chi connectivity index (χ3n) is 7.14. The van der Waals surface area contributed by atoms with Gasteiger partial charge in [-0.1, -0.05) is 54.6 Å². The lowest BCUT2D eigenvalue weighted by Crippen LogP contribution is -2.47. The predicted molar refractivity (Wildman–Crippen MR) is 137 cm³/mol. The summed E-state index contributed by atoms with van der Waals surface area (Å²) in [4.78, 5) is 29.8. The molecule has 0 radical (unpaired) electrons. The van der Waals surface area contributed by atoms with Gasteiger partial charge in [-0.15, -0.1) is 0 Å². The quantitative estimate of drug-likeness (QED) is 0.583. The molecule has 0 bridgehead atoms. The molecule has 0 spiro atoms. The minimum absolute atomic E-state index is 0.00353. The Kier molecular flexibility index (Phi) is 6.84. The number of aromatic nitrogens is 2. The fraction of sp³-hybridized carbons (Fsp3) is 0.393. The molecule has 1 N–H and O–H groups in total. The summed E-state index contributed by atoms with van der Waals surface area (Å²) in [6.07, 6.45) is 3.54. The predicted octanol–water partition coefficient (Wildman–Crippen LogP) is 4.77. The maximum absolute atomic E-state index is 13.3. The highest BCUT2D eigenvalue weighted by molar-refractivity contribution is 5.92. The molecule has 0 atom stereocenters. The van der Waals surface area contributed by atoms with Gasteiger partial charge < -0.3 is 15.1 Å². The third-order valence-corrected chi connectivity index (χ3v) is 7.14. The third kappa shape index (κ3) is 5.24. The molecule has 2 aliphatic rings. The molecule has 2 fully saturated rings. The number of hydrogen-bond donors (Lipinski definition) is 1. The van der Waals surface area contributed by atoms with Crippen LogP contribution in [0.25, 0.3) is 11.3 Å². The maximum atomic E-state index is 13.3. The van der Waals surface area contributed by atoms with E-state index in [1.165, 1.54) is 0 Å². The van der Waals surface area contributed by atoms with Gasteiger partial charge in [-0.05, 0) is 43.7 Å². The SMILES string of the molecule is Cc1ccccc1-c1cc(NC(=O)C2CCN(C(=O)N3CCCC3)CC2)n(Cc2ccccc2)n1. The Morgan fingerprint density at radius 1 is 0.914 bits per heavy atom. The highest BCUT2D eigenvalue weighted by Gasteiger charge is 2.31. The van der Waals surface area contributed by atoms with Gasteiger partial charge in [0.25, 0.3) is 0 Å². The lowest BCUT2D eigenvalue weighted by Gasteiger charge is -2.34. The zero-order chi connectivity index (χ0) is 24.2. The van der Waals surface area contributed by atoms with Crippen molar-refractivity contribution in [1.82, 2.24) is 19.6 Å². The van der Waals surface area contributed by atoms with Crippen LogP contribution in [0.4, 0.5) is 10.6 Å². The standard InChI is InChI=1S/C28H33N5O2/c1-21-9-5-6-12-24(21)25-19-26(33(30-25)20-22-10-3-2-4-11-22)29-27(34)23-13-17-32(18-14-23)28(35)31-15-7-8-16-31/h2-6,9-12,19,23H,7-8,13-18,20H2,1H3,(H,29,34). The Morgan fingerprint density at radius 2 is 1.57 bits per heavy atom. The van der Waals surface area contributed by atoms with Crippen LogP contribution in [-0.2, 0) is 11.3 Å². The second kappa shape index (κ2) is 10.3. The highest BCUT2D eigenvalue weighted by atomic mass is 16.2. The van der Waals surface area contributed by atoms with Crippen molar-refractivity contribution < 1.29 is 9.59 Å². The monoisotopic (exact) mass is 471 g/mol. The number of urea groups is 1. The van der Waals surface area contributed by atoms with Crippen molar-refractivity contribution in [3.05, 3.63) is 71.8 Å². The fourth-order valence-electron chi connectivity index (χ4n) is 5.06. The molecule has 7 heteroatoms. The number of piperidine rings is 1. The van der Waals surface area contributed by atoms with Crippen LogP contribution in [0.5, 0.6) is 0 Å². The lowest BCUT2D eigenvalue weighted by molar-refractivity contribution is -0.121. The van der Waals surface area contributed by atoms with Crippen LogP contribution in [0.15, 0.2) is 60.7 Å². The van der Waals surface area contributed by atoms with Crippen LogP contribution >= 0.6 is 0 Å². The van der Waals surface area contributed by atoms with Gasteiger partial charge in [0.15, 0.2) is 0 Å².